The fourth-order valence-electron chi connectivity index (χ4n) is 4.27. The second-order valence-electron chi connectivity index (χ2n) is 8.60. The Labute approximate surface area is 194 Å². The largest absolute Gasteiger partial charge is 0.393 e. The first-order valence-electron chi connectivity index (χ1n) is 11.2. The summed E-state index contributed by atoms with van der Waals surface area (Å²) in [5, 5.41) is 22.6. The summed E-state index contributed by atoms with van der Waals surface area (Å²) in [6, 6.07) is 16.5. The van der Waals surface area contributed by atoms with Gasteiger partial charge in [0.2, 0.25) is 5.91 Å². The first-order valence-corrected chi connectivity index (χ1v) is 11.2. The summed E-state index contributed by atoms with van der Waals surface area (Å²) < 4.78 is 1.70. The summed E-state index contributed by atoms with van der Waals surface area (Å²) in [4.78, 5) is 15.3. The lowest BCUT2D eigenvalue weighted by Gasteiger charge is -2.36. The van der Waals surface area contributed by atoms with E-state index >= 15 is 0 Å². The molecule has 3 N–H and O–H groups in total. The highest BCUT2D eigenvalue weighted by molar-refractivity contribution is 5.73. The molecule has 4 rings (SSSR count). The molecule has 1 aliphatic rings. The van der Waals surface area contributed by atoms with Crippen LogP contribution in [0.1, 0.15) is 61.7 Å². The Kier molecular flexibility index (Phi) is 6.93. The molecule has 0 spiro atoms. The van der Waals surface area contributed by atoms with Gasteiger partial charge in [-0.3, -0.25) is 4.79 Å². The normalized spacial score (nSPS) is 19.0. The second kappa shape index (κ2) is 10.0. The minimum absolute atomic E-state index is 0.0417. The van der Waals surface area contributed by atoms with E-state index in [1.54, 1.807) is 30.8 Å². The van der Waals surface area contributed by atoms with Crippen molar-refractivity contribution in [1.82, 2.24) is 14.9 Å². The molecule has 1 aromatic heterocycles. The van der Waals surface area contributed by atoms with Crippen LogP contribution in [0.25, 0.3) is 11.1 Å². The number of imidazole rings is 1. The number of aliphatic hydroxyl groups excluding tert-OH is 2. The molecule has 0 unspecified atom stereocenters. The third kappa shape index (κ3) is 5.33. The highest BCUT2D eigenvalue weighted by atomic mass is 16.3. The molecule has 33 heavy (non-hydrogen) atoms. The first-order chi connectivity index (χ1) is 15.9. The van der Waals surface area contributed by atoms with Gasteiger partial charge in [0, 0.05) is 30.9 Å². The van der Waals surface area contributed by atoms with Crippen molar-refractivity contribution >= 4 is 5.91 Å². The number of nitrogens with one attached hydrogen (secondary N) is 1. The molecular formula is C27H29N3O3. The highest BCUT2D eigenvalue weighted by Gasteiger charge is 2.30. The van der Waals surface area contributed by atoms with Gasteiger partial charge in [0.05, 0.1) is 6.61 Å². The molecule has 6 heteroatoms. The predicted octanol–water partition coefficient (Wildman–Crippen LogP) is 3.57. The Balaban J connectivity index is 1.41. The lowest BCUT2D eigenvalue weighted by molar-refractivity contribution is -0.120. The van der Waals surface area contributed by atoms with Gasteiger partial charge in [-0.1, -0.05) is 48.2 Å². The van der Waals surface area contributed by atoms with E-state index in [-0.39, 0.29) is 12.5 Å². The summed E-state index contributed by atoms with van der Waals surface area (Å²) in [6.07, 6.45) is 4.58. The van der Waals surface area contributed by atoms with E-state index in [0.717, 1.165) is 29.5 Å². The van der Waals surface area contributed by atoms with E-state index in [9.17, 15) is 15.0 Å². The molecule has 3 aromatic rings. The Morgan fingerprint density at radius 1 is 1.15 bits per heavy atom. The predicted molar refractivity (Wildman–Crippen MR) is 127 cm³/mol. The van der Waals surface area contributed by atoms with Crippen LogP contribution >= 0.6 is 0 Å². The number of aromatic nitrogens is 2. The SMILES string of the molecule is CC(=O)NC1CC(c2ccc(-c3ccc(C#C[C@@H](CO)n4ccnc4[C@H](C)O)cc3)cc2)C1. The number of carbonyl (C=O) groups excluding carboxylic acids is 1. The lowest BCUT2D eigenvalue weighted by Crippen LogP contribution is -2.42. The van der Waals surface area contributed by atoms with Crippen molar-refractivity contribution in [3.8, 4) is 23.0 Å². The summed E-state index contributed by atoms with van der Waals surface area (Å²) in [6.45, 7) is 3.04. The number of hydrogen-bond donors (Lipinski definition) is 3. The first kappa shape index (κ1) is 22.8. The molecule has 2 aromatic carbocycles. The smallest absolute Gasteiger partial charge is 0.217 e. The van der Waals surface area contributed by atoms with Gasteiger partial charge in [0.25, 0.3) is 0 Å². The number of hydrogen-bond acceptors (Lipinski definition) is 4. The lowest BCUT2D eigenvalue weighted by atomic mass is 9.75. The number of carbonyl (C=O) groups is 1. The third-order valence-electron chi connectivity index (χ3n) is 6.11. The standard InChI is InChI=1S/C27H29N3O3/c1-18(32)27-28-13-14-30(27)26(17-31)12-5-20-3-6-21(7-4-20)22-8-10-23(11-9-22)24-15-25(16-24)29-19(2)33/h3-4,6-11,13-14,18,24-26,31-32H,15-17H2,1-2H3,(H,29,33)/t18-,24?,25?,26-/m0/s1. The highest BCUT2D eigenvalue weighted by Crippen LogP contribution is 2.37. The van der Waals surface area contributed by atoms with Crippen molar-refractivity contribution < 1.29 is 15.0 Å². The average molecular weight is 444 g/mol. The van der Waals surface area contributed by atoms with Crippen LogP contribution in [-0.4, -0.2) is 38.3 Å². The molecule has 0 saturated heterocycles. The van der Waals surface area contributed by atoms with Gasteiger partial charge >= 0.3 is 0 Å². The van der Waals surface area contributed by atoms with Gasteiger partial charge in [-0.05, 0) is 54.5 Å². The van der Waals surface area contributed by atoms with Gasteiger partial charge in [0.15, 0.2) is 0 Å². The average Bonchev–Trinajstić information content (AvgIpc) is 3.27. The van der Waals surface area contributed by atoms with Crippen LogP contribution in [0.5, 0.6) is 0 Å². The Bertz CT molecular complexity index is 1150. The molecular weight excluding hydrogens is 414 g/mol. The monoisotopic (exact) mass is 443 g/mol. The molecule has 2 atom stereocenters. The molecule has 0 bridgehead atoms. The summed E-state index contributed by atoms with van der Waals surface area (Å²) in [7, 11) is 0. The van der Waals surface area contributed by atoms with Crippen molar-refractivity contribution in [3.63, 3.8) is 0 Å². The second-order valence-corrected chi connectivity index (χ2v) is 8.60. The van der Waals surface area contributed by atoms with E-state index in [1.165, 1.54) is 5.56 Å². The third-order valence-corrected chi connectivity index (χ3v) is 6.11. The minimum Gasteiger partial charge on any atom is -0.393 e. The van der Waals surface area contributed by atoms with Gasteiger partial charge in [-0.2, -0.15) is 0 Å². The molecule has 1 fully saturated rings. The number of nitrogens with zero attached hydrogens (tertiary/aromatic N) is 2. The van der Waals surface area contributed by atoms with Crippen LogP contribution in [0.15, 0.2) is 60.9 Å². The maximum atomic E-state index is 11.2. The zero-order valence-corrected chi connectivity index (χ0v) is 18.9. The van der Waals surface area contributed by atoms with Crippen molar-refractivity contribution in [2.24, 2.45) is 0 Å². The van der Waals surface area contributed by atoms with E-state index in [0.29, 0.717) is 17.8 Å². The van der Waals surface area contributed by atoms with Crippen LogP contribution in [-0.2, 0) is 4.79 Å². The summed E-state index contributed by atoms with van der Waals surface area (Å²) in [5.74, 6) is 7.23. The molecule has 1 saturated carbocycles. The Hall–Kier alpha value is -3.40. The maximum absolute atomic E-state index is 11.2. The molecule has 0 radical (unpaired) electrons. The Morgan fingerprint density at radius 2 is 1.79 bits per heavy atom. The van der Waals surface area contributed by atoms with Crippen LogP contribution in [0, 0.1) is 11.8 Å². The minimum atomic E-state index is -0.732. The number of amides is 1. The van der Waals surface area contributed by atoms with Crippen molar-refractivity contribution in [2.75, 3.05) is 6.61 Å². The summed E-state index contributed by atoms with van der Waals surface area (Å²) in [5.41, 5.74) is 4.42. The van der Waals surface area contributed by atoms with Crippen LogP contribution in [0.2, 0.25) is 0 Å². The Morgan fingerprint density at radius 3 is 2.36 bits per heavy atom. The van der Waals surface area contributed by atoms with Gasteiger partial charge in [0.1, 0.15) is 18.0 Å². The molecule has 1 amide bonds. The zero-order chi connectivity index (χ0) is 23.4. The van der Waals surface area contributed by atoms with Gasteiger partial charge < -0.3 is 20.1 Å². The maximum Gasteiger partial charge on any atom is 0.217 e. The van der Waals surface area contributed by atoms with Crippen molar-refractivity contribution in [2.45, 2.75) is 50.8 Å². The summed E-state index contributed by atoms with van der Waals surface area (Å²) >= 11 is 0. The zero-order valence-electron chi connectivity index (χ0n) is 18.9. The van der Waals surface area contributed by atoms with Gasteiger partial charge in [-0.15, -0.1) is 0 Å². The van der Waals surface area contributed by atoms with E-state index in [1.807, 2.05) is 24.3 Å². The van der Waals surface area contributed by atoms with E-state index in [4.69, 9.17) is 0 Å². The number of rotatable bonds is 6. The number of benzene rings is 2. The molecule has 1 aliphatic carbocycles. The van der Waals surface area contributed by atoms with Crippen LogP contribution in [0.3, 0.4) is 0 Å². The topological polar surface area (TPSA) is 87.4 Å². The van der Waals surface area contributed by atoms with E-state index < -0.39 is 12.1 Å². The van der Waals surface area contributed by atoms with Crippen molar-refractivity contribution in [3.05, 3.63) is 77.9 Å². The molecule has 0 aliphatic heterocycles. The fraction of sp³-hybridized carbons (Fsp3) is 0.333. The van der Waals surface area contributed by atoms with Crippen molar-refractivity contribution in [1.29, 1.82) is 0 Å². The van der Waals surface area contributed by atoms with Crippen LogP contribution < -0.4 is 5.32 Å². The quantitative estimate of drug-likeness (QED) is 0.509. The number of aliphatic hydroxyl groups is 2. The molecule has 170 valence electrons. The van der Waals surface area contributed by atoms with Gasteiger partial charge in [-0.25, -0.2) is 4.98 Å². The molecule has 1 heterocycles. The molecule has 6 nitrogen and oxygen atoms in total. The van der Waals surface area contributed by atoms with E-state index in [2.05, 4.69) is 46.4 Å². The fourth-order valence-corrected chi connectivity index (χ4v) is 4.27. The van der Waals surface area contributed by atoms with Crippen LogP contribution in [0.4, 0.5) is 0 Å².